The van der Waals surface area contributed by atoms with Crippen LogP contribution in [0.25, 0.3) is 0 Å². The van der Waals surface area contributed by atoms with Gasteiger partial charge in [0, 0.05) is 12.0 Å². The largest absolute Gasteiger partial charge is 0.459 e. The molecule has 0 heterocycles. The van der Waals surface area contributed by atoms with Crippen molar-refractivity contribution < 1.29 is 19.3 Å². The van der Waals surface area contributed by atoms with E-state index in [2.05, 4.69) is 5.32 Å². The van der Waals surface area contributed by atoms with Gasteiger partial charge in [0.15, 0.2) is 0 Å². The van der Waals surface area contributed by atoms with Crippen molar-refractivity contribution in [2.24, 2.45) is 5.92 Å². The van der Waals surface area contributed by atoms with Gasteiger partial charge < -0.3 is 15.1 Å². The summed E-state index contributed by atoms with van der Waals surface area (Å²) < 4.78 is 5.46. The summed E-state index contributed by atoms with van der Waals surface area (Å²) in [5.41, 5.74) is 4.24. The number of benzene rings is 2. The molecule has 1 aliphatic rings. The Morgan fingerprint density at radius 3 is 2.45 bits per heavy atom. The van der Waals surface area contributed by atoms with Crippen molar-refractivity contribution in [1.82, 2.24) is 5.32 Å². The van der Waals surface area contributed by atoms with E-state index in [9.17, 15) is 14.6 Å². The Labute approximate surface area is 184 Å². The minimum absolute atomic E-state index is 0.165. The molecule has 2 aromatic carbocycles. The molecule has 0 saturated carbocycles. The lowest BCUT2D eigenvalue weighted by Crippen LogP contribution is -2.43. The van der Waals surface area contributed by atoms with E-state index < -0.39 is 18.9 Å². The molecule has 0 bridgehead atoms. The van der Waals surface area contributed by atoms with Gasteiger partial charge in [-0.05, 0) is 41.4 Å². The first-order chi connectivity index (χ1) is 14.8. The summed E-state index contributed by atoms with van der Waals surface area (Å²) in [6.07, 6.45) is 5.28. The van der Waals surface area contributed by atoms with Crippen LogP contribution in [0.2, 0.25) is 6.82 Å². The fourth-order valence-electron chi connectivity index (χ4n) is 3.44. The number of nitrogens with one attached hydrogen (secondary N) is 1. The molecule has 1 radical (unpaired) electrons. The third-order valence-corrected chi connectivity index (χ3v) is 5.18. The summed E-state index contributed by atoms with van der Waals surface area (Å²) in [6.45, 7) is 5.15. The van der Waals surface area contributed by atoms with Crippen LogP contribution in [0.5, 0.6) is 0 Å². The van der Waals surface area contributed by atoms with Gasteiger partial charge in [-0.15, -0.1) is 0 Å². The second-order valence-electron chi connectivity index (χ2n) is 8.42. The van der Waals surface area contributed by atoms with Crippen molar-refractivity contribution in [3.8, 4) is 0 Å². The predicted molar refractivity (Wildman–Crippen MR) is 123 cm³/mol. The van der Waals surface area contributed by atoms with Crippen LogP contribution in [0.4, 0.5) is 0 Å². The third-order valence-electron chi connectivity index (χ3n) is 5.18. The molecule has 0 unspecified atom stereocenters. The maximum atomic E-state index is 12.9. The molecule has 0 aromatic heterocycles. The summed E-state index contributed by atoms with van der Waals surface area (Å²) in [7, 11) is 0. The Morgan fingerprint density at radius 1 is 1.13 bits per heavy atom. The molecule has 1 amide bonds. The Bertz CT molecular complexity index is 953. The highest BCUT2D eigenvalue weighted by molar-refractivity contribution is 6.65. The number of esters is 1. The van der Waals surface area contributed by atoms with Gasteiger partial charge in [0.2, 0.25) is 0 Å². The molecule has 2 N–H and O–H groups in total. The third kappa shape index (κ3) is 6.83. The molecule has 6 heteroatoms. The highest BCUT2D eigenvalue weighted by atomic mass is 16.5. The molecule has 5 nitrogen and oxygen atoms in total. The number of carbonyl (C=O) groups excluding carboxylic acids is 2. The summed E-state index contributed by atoms with van der Waals surface area (Å²) in [5, 5.41) is 13.0. The summed E-state index contributed by atoms with van der Waals surface area (Å²) >= 11 is 0. The van der Waals surface area contributed by atoms with E-state index in [1.165, 1.54) is 5.57 Å². The maximum absolute atomic E-state index is 12.9. The zero-order chi connectivity index (χ0) is 22.4. The van der Waals surface area contributed by atoms with Crippen molar-refractivity contribution in [3.05, 3.63) is 83.3 Å². The molecule has 1 aliphatic carbocycles. The Balaban J connectivity index is 1.69. The summed E-state index contributed by atoms with van der Waals surface area (Å²) in [5.74, 6) is -0.601. The summed E-state index contributed by atoms with van der Waals surface area (Å²) in [4.78, 5) is 25.6. The Morgan fingerprint density at radius 2 is 1.84 bits per heavy atom. The molecule has 0 fully saturated rings. The smallest absolute Gasteiger partial charge is 0.328 e. The van der Waals surface area contributed by atoms with Crippen LogP contribution in [-0.4, -0.2) is 29.9 Å². The van der Waals surface area contributed by atoms with Crippen LogP contribution in [0, 0.1) is 12.3 Å². The quantitative estimate of drug-likeness (QED) is 0.459. The van der Waals surface area contributed by atoms with Gasteiger partial charge in [-0.1, -0.05) is 74.8 Å². The number of rotatable bonds is 10. The van der Waals surface area contributed by atoms with Crippen molar-refractivity contribution in [1.29, 1.82) is 0 Å². The zero-order valence-electron chi connectivity index (χ0n) is 18.3. The number of ether oxygens (including phenoxy) is 1. The van der Waals surface area contributed by atoms with Gasteiger partial charge in [-0.25, -0.2) is 4.79 Å². The van der Waals surface area contributed by atoms with E-state index in [1.54, 1.807) is 19.0 Å². The second-order valence-corrected chi connectivity index (χ2v) is 8.42. The molecule has 31 heavy (non-hydrogen) atoms. The van der Waals surface area contributed by atoms with E-state index >= 15 is 0 Å². The molecule has 1 atom stereocenters. The lowest BCUT2D eigenvalue weighted by atomic mass is 9.62. The number of hydrogen-bond donors (Lipinski definition) is 2. The van der Waals surface area contributed by atoms with E-state index in [0.717, 1.165) is 23.0 Å². The Hall–Kier alpha value is -2.86. The van der Waals surface area contributed by atoms with Crippen molar-refractivity contribution >= 4 is 24.3 Å². The van der Waals surface area contributed by atoms with Crippen molar-refractivity contribution in [3.63, 3.8) is 0 Å². The van der Waals surface area contributed by atoms with Gasteiger partial charge in [-0.3, -0.25) is 4.79 Å². The van der Waals surface area contributed by atoms with Gasteiger partial charge in [0.1, 0.15) is 12.6 Å². The summed E-state index contributed by atoms with van der Waals surface area (Å²) in [6, 6.07) is 14.0. The number of hydrogen-bond acceptors (Lipinski definition) is 4. The first kappa shape index (κ1) is 22.8. The number of amides is 1. The number of allylic oxidation sites excluding steroid dienone is 2. The average molecular weight is 418 g/mol. The predicted octanol–water partition coefficient (Wildman–Crippen LogP) is 3.08. The second kappa shape index (κ2) is 10.4. The van der Waals surface area contributed by atoms with Gasteiger partial charge in [-0.2, -0.15) is 0 Å². The molecule has 0 spiro atoms. The first-order valence-corrected chi connectivity index (χ1v) is 10.7. The van der Waals surface area contributed by atoms with Crippen LogP contribution in [0.3, 0.4) is 0 Å². The Kier molecular flexibility index (Phi) is 7.69. The molecular weight excluding hydrogens is 389 g/mol. The minimum Gasteiger partial charge on any atom is -0.459 e. The van der Waals surface area contributed by atoms with Gasteiger partial charge >= 0.3 is 12.9 Å². The molecule has 0 aliphatic heterocycles. The van der Waals surface area contributed by atoms with Gasteiger partial charge in [0.05, 0.1) is 0 Å². The first-order valence-electron chi connectivity index (χ1n) is 10.7. The average Bonchev–Trinajstić information content (AvgIpc) is 3.56. The molecule has 3 rings (SSSR count). The van der Waals surface area contributed by atoms with Gasteiger partial charge in [0.25, 0.3) is 5.91 Å². The van der Waals surface area contributed by atoms with E-state index in [1.807, 2.05) is 62.7 Å². The van der Waals surface area contributed by atoms with E-state index in [0.29, 0.717) is 12.0 Å². The van der Waals surface area contributed by atoms with Crippen molar-refractivity contribution in [2.45, 2.75) is 46.2 Å². The maximum Gasteiger partial charge on any atom is 0.328 e. The van der Waals surface area contributed by atoms with Crippen LogP contribution >= 0.6 is 0 Å². The van der Waals surface area contributed by atoms with E-state index in [-0.39, 0.29) is 18.4 Å². The monoisotopic (exact) mass is 418 g/mol. The van der Waals surface area contributed by atoms with Crippen LogP contribution in [0.15, 0.2) is 60.2 Å². The lowest BCUT2D eigenvalue weighted by Gasteiger charge is -2.20. The molecule has 0 saturated heterocycles. The SMILES string of the molecule is CB(O)c1cc(C(=O)N[C@@H](CC(C)C)C(=O)OCc2ccccc2)ccc1CC1=C[CH]1. The standard InChI is InChI=1S/C25H29BNO4/c1-17(2)13-23(25(29)31-16-19-7-5-4-6-8-19)27-24(28)21-12-11-20(14-18-9-10-18)22(15-21)26(3)30/h4-12,15,17,23,30H,13-14,16H2,1-3H3,(H,27,28)/t23-/m0/s1. The molecule has 161 valence electrons. The fourth-order valence-corrected chi connectivity index (χ4v) is 3.44. The van der Waals surface area contributed by atoms with E-state index in [4.69, 9.17) is 4.74 Å². The van der Waals surface area contributed by atoms with Crippen LogP contribution in [0.1, 0.15) is 41.8 Å². The normalized spacial score (nSPS) is 13.4. The topological polar surface area (TPSA) is 75.6 Å². The van der Waals surface area contributed by atoms with Crippen LogP contribution < -0.4 is 10.8 Å². The minimum atomic E-state index is -0.739. The van der Waals surface area contributed by atoms with Crippen molar-refractivity contribution in [2.75, 3.05) is 0 Å². The molecular formula is C25H29BNO4. The highest BCUT2D eigenvalue weighted by Gasteiger charge is 2.25. The zero-order valence-corrected chi connectivity index (χ0v) is 18.3. The fraction of sp³-hybridized carbons (Fsp3) is 0.320. The lowest BCUT2D eigenvalue weighted by molar-refractivity contribution is -0.147. The van der Waals surface area contributed by atoms with Crippen LogP contribution in [-0.2, 0) is 22.6 Å². The highest BCUT2D eigenvalue weighted by Crippen LogP contribution is 2.22. The molecule has 2 aromatic rings. The number of carbonyl (C=O) groups is 2.